The summed E-state index contributed by atoms with van der Waals surface area (Å²) in [6.07, 6.45) is -0.0867. The summed E-state index contributed by atoms with van der Waals surface area (Å²) in [7, 11) is 0. The fourth-order valence-electron chi connectivity index (χ4n) is 3.04. The number of nitrogens with zero attached hydrogens (tertiary/aromatic N) is 2. The molecule has 0 aliphatic carbocycles. The highest BCUT2D eigenvalue weighted by Crippen LogP contribution is 2.18. The molecule has 3 rings (SSSR count). The Kier molecular flexibility index (Phi) is 4.59. The minimum Gasteiger partial charge on any atom is -0.375 e. The second-order valence-electron chi connectivity index (χ2n) is 5.80. The second kappa shape index (κ2) is 6.62. The first kappa shape index (κ1) is 15.2. The maximum atomic E-state index is 13.0. The van der Waals surface area contributed by atoms with Crippen LogP contribution in [0.4, 0.5) is 10.1 Å². The van der Waals surface area contributed by atoms with E-state index in [1.165, 1.54) is 12.1 Å². The van der Waals surface area contributed by atoms with Crippen molar-refractivity contribution < 1.29 is 13.9 Å². The largest absolute Gasteiger partial charge is 0.375 e. The topological polar surface area (TPSA) is 44.8 Å². The van der Waals surface area contributed by atoms with Crippen molar-refractivity contribution in [3.05, 3.63) is 30.1 Å². The molecule has 1 aromatic carbocycles. The molecular weight excluding hydrogens is 285 g/mol. The van der Waals surface area contributed by atoms with Gasteiger partial charge in [0.2, 0.25) is 5.91 Å². The first-order valence-corrected chi connectivity index (χ1v) is 7.79. The van der Waals surface area contributed by atoms with Gasteiger partial charge in [0.1, 0.15) is 11.9 Å². The molecule has 5 nitrogen and oxygen atoms in total. The number of morpholine rings is 1. The van der Waals surface area contributed by atoms with Gasteiger partial charge >= 0.3 is 0 Å². The first-order valence-electron chi connectivity index (χ1n) is 7.79. The zero-order valence-electron chi connectivity index (χ0n) is 12.8. The van der Waals surface area contributed by atoms with Crippen LogP contribution >= 0.6 is 0 Å². The van der Waals surface area contributed by atoms with Crippen LogP contribution in [0.5, 0.6) is 0 Å². The van der Waals surface area contributed by atoms with E-state index in [9.17, 15) is 9.18 Å². The van der Waals surface area contributed by atoms with Crippen LogP contribution in [-0.2, 0) is 9.53 Å². The molecule has 2 heterocycles. The Morgan fingerprint density at radius 3 is 2.55 bits per heavy atom. The zero-order chi connectivity index (χ0) is 15.5. The van der Waals surface area contributed by atoms with Crippen molar-refractivity contribution in [1.82, 2.24) is 10.2 Å². The lowest BCUT2D eigenvalue weighted by Gasteiger charge is -2.39. The number of hydrogen-bond acceptors (Lipinski definition) is 4. The predicted octanol–water partition coefficient (Wildman–Crippen LogP) is 0.851. The van der Waals surface area contributed by atoms with Gasteiger partial charge in [0, 0.05) is 38.4 Å². The number of ether oxygens (including phenoxy) is 1. The Bertz CT molecular complexity index is 515. The summed E-state index contributed by atoms with van der Waals surface area (Å²) in [4.78, 5) is 16.6. The molecule has 120 valence electrons. The number of halogens is 1. The quantitative estimate of drug-likeness (QED) is 0.880. The highest BCUT2D eigenvalue weighted by atomic mass is 19.1. The third-order valence-corrected chi connectivity index (χ3v) is 4.37. The summed E-state index contributed by atoms with van der Waals surface area (Å²) in [5.74, 6) is -0.110. The van der Waals surface area contributed by atoms with Crippen LogP contribution in [0.3, 0.4) is 0 Å². The van der Waals surface area contributed by atoms with E-state index in [1.807, 2.05) is 11.8 Å². The van der Waals surface area contributed by atoms with Gasteiger partial charge in [0.05, 0.1) is 12.7 Å². The van der Waals surface area contributed by atoms with Crippen molar-refractivity contribution in [2.24, 2.45) is 0 Å². The third kappa shape index (κ3) is 3.23. The maximum absolute atomic E-state index is 13.0. The number of piperazine rings is 1. The summed E-state index contributed by atoms with van der Waals surface area (Å²) in [5.41, 5.74) is 1.00. The van der Waals surface area contributed by atoms with Gasteiger partial charge in [-0.2, -0.15) is 0 Å². The molecule has 2 saturated heterocycles. The van der Waals surface area contributed by atoms with E-state index in [-0.39, 0.29) is 23.9 Å². The molecule has 1 N–H and O–H groups in total. The fourth-order valence-corrected chi connectivity index (χ4v) is 3.04. The molecule has 0 spiro atoms. The molecule has 2 fully saturated rings. The number of nitrogens with one attached hydrogen (secondary N) is 1. The minimum atomic E-state index is -0.244. The van der Waals surface area contributed by atoms with Crippen molar-refractivity contribution in [3.8, 4) is 0 Å². The Labute approximate surface area is 130 Å². The second-order valence-corrected chi connectivity index (χ2v) is 5.80. The van der Waals surface area contributed by atoms with Crippen LogP contribution in [0.15, 0.2) is 24.3 Å². The van der Waals surface area contributed by atoms with Gasteiger partial charge in [-0.25, -0.2) is 4.39 Å². The summed E-state index contributed by atoms with van der Waals surface area (Å²) < 4.78 is 18.5. The van der Waals surface area contributed by atoms with Gasteiger partial charge in [-0.1, -0.05) is 0 Å². The molecule has 6 heteroatoms. The monoisotopic (exact) mass is 307 g/mol. The number of rotatable bonds is 2. The Hall–Kier alpha value is -1.66. The minimum absolute atomic E-state index is 0.0867. The Balaban J connectivity index is 1.57. The summed E-state index contributed by atoms with van der Waals surface area (Å²) in [6.45, 7) is 6.20. The molecule has 2 aliphatic rings. The highest BCUT2D eigenvalue weighted by Gasteiger charge is 2.33. The van der Waals surface area contributed by atoms with Gasteiger partial charge in [0.25, 0.3) is 0 Å². The van der Waals surface area contributed by atoms with Crippen LogP contribution in [0, 0.1) is 5.82 Å². The van der Waals surface area contributed by atoms with Crippen LogP contribution < -0.4 is 10.2 Å². The highest BCUT2D eigenvalue weighted by molar-refractivity contribution is 5.83. The van der Waals surface area contributed by atoms with Crippen molar-refractivity contribution in [1.29, 1.82) is 0 Å². The number of benzene rings is 1. The summed E-state index contributed by atoms with van der Waals surface area (Å²) in [5, 5.41) is 3.24. The lowest BCUT2D eigenvalue weighted by Crippen LogP contribution is -2.59. The molecule has 22 heavy (non-hydrogen) atoms. The van der Waals surface area contributed by atoms with E-state index < -0.39 is 0 Å². The van der Waals surface area contributed by atoms with Gasteiger partial charge in [-0.15, -0.1) is 0 Å². The van der Waals surface area contributed by atoms with E-state index in [2.05, 4.69) is 10.2 Å². The molecule has 2 aliphatic heterocycles. The van der Waals surface area contributed by atoms with Crippen LogP contribution in [0.2, 0.25) is 0 Å². The molecule has 0 radical (unpaired) electrons. The summed E-state index contributed by atoms with van der Waals surface area (Å²) in [6, 6.07) is 6.26. The standard InChI is InChI=1S/C16H22FN3O2/c1-12-15(18-6-11-22-12)16(21)20-9-7-19(8-10-20)14-4-2-13(17)3-5-14/h2-5,12,15,18H,6-11H2,1H3/t12-,15+/m1/s1. The number of carbonyl (C=O) groups excluding carboxylic acids is 1. The average molecular weight is 307 g/mol. The number of hydrogen-bond donors (Lipinski definition) is 1. The SMILES string of the molecule is C[C@H]1OCCN[C@@H]1C(=O)N1CCN(c2ccc(F)cc2)CC1. The molecule has 0 saturated carbocycles. The average Bonchev–Trinajstić information content (AvgIpc) is 2.56. The fraction of sp³-hybridized carbons (Fsp3) is 0.562. The summed E-state index contributed by atoms with van der Waals surface area (Å²) >= 11 is 0. The number of amides is 1. The predicted molar refractivity (Wildman–Crippen MR) is 82.4 cm³/mol. The molecule has 2 atom stereocenters. The molecule has 0 aromatic heterocycles. The maximum Gasteiger partial charge on any atom is 0.242 e. The molecule has 0 unspecified atom stereocenters. The van der Waals surface area contributed by atoms with E-state index in [4.69, 9.17) is 4.74 Å². The smallest absolute Gasteiger partial charge is 0.242 e. The first-order chi connectivity index (χ1) is 10.6. The third-order valence-electron chi connectivity index (χ3n) is 4.37. The molecule has 1 amide bonds. The van der Waals surface area contributed by atoms with Crippen molar-refractivity contribution in [3.63, 3.8) is 0 Å². The lowest BCUT2D eigenvalue weighted by atomic mass is 10.1. The van der Waals surface area contributed by atoms with E-state index >= 15 is 0 Å². The van der Waals surface area contributed by atoms with E-state index in [0.29, 0.717) is 19.7 Å². The molecular formula is C16H22FN3O2. The lowest BCUT2D eigenvalue weighted by molar-refractivity contribution is -0.139. The van der Waals surface area contributed by atoms with Crippen molar-refractivity contribution in [2.75, 3.05) is 44.2 Å². The normalized spacial score (nSPS) is 26.1. The van der Waals surface area contributed by atoms with Gasteiger partial charge in [-0.3, -0.25) is 4.79 Å². The molecule has 0 bridgehead atoms. The number of anilines is 1. The number of carbonyl (C=O) groups is 1. The van der Waals surface area contributed by atoms with Gasteiger partial charge in [0.15, 0.2) is 0 Å². The Morgan fingerprint density at radius 1 is 1.23 bits per heavy atom. The van der Waals surface area contributed by atoms with Gasteiger partial charge in [-0.05, 0) is 31.2 Å². The van der Waals surface area contributed by atoms with E-state index in [0.717, 1.165) is 25.3 Å². The van der Waals surface area contributed by atoms with E-state index in [1.54, 1.807) is 12.1 Å². The molecule has 1 aromatic rings. The Morgan fingerprint density at radius 2 is 1.91 bits per heavy atom. The zero-order valence-corrected chi connectivity index (χ0v) is 12.8. The van der Waals surface area contributed by atoms with Crippen LogP contribution in [0.25, 0.3) is 0 Å². The van der Waals surface area contributed by atoms with Crippen molar-refractivity contribution >= 4 is 11.6 Å². The van der Waals surface area contributed by atoms with Crippen LogP contribution in [0.1, 0.15) is 6.92 Å². The van der Waals surface area contributed by atoms with Crippen LogP contribution in [-0.4, -0.2) is 62.3 Å². The van der Waals surface area contributed by atoms with Gasteiger partial charge < -0.3 is 19.9 Å². The van der Waals surface area contributed by atoms with Crippen molar-refractivity contribution in [2.45, 2.75) is 19.1 Å².